The number of nitrogens with two attached hydrogens (primary N) is 1. The molecule has 2 aromatic rings. The Morgan fingerprint density at radius 3 is 3.05 bits per heavy atom. The van der Waals surface area contributed by atoms with Crippen LogP contribution in [0.4, 0.5) is 5.13 Å². The number of anilines is 1. The molecule has 0 saturated carbocycles. The summed E-state index contributed by atoms with van der Waals surface area (Å²) in [6.07, 6.45) is 2.75. The van der Waals surface area contributed by atoms with Crippen LogP contribution in [0.5, 0.6) is 0 Å². The fourth-order valence-electron chi connectivity index (χ4n) is 2.05. The van der Waals surface area contributed by atoms with Crippen LogP contribution in [-0.2, 0) is 12.8 Å². The van der Waals surface area contributed by atoms with Crippen LogP contribution in [0.25, 0.3) is 0 Å². The van der Waals surface area contributed by atoms with Gasteiger partial charge in [0.05, 0.1) is 14.4 Å². The van der Waals surface area contributed by atoms with Crippen LogP contribution in [0.1, 0.15) is 26.7 Å². The number of aromatic nitrogens is 1. The Balaban J connectivity index is 1.75. The summed E-state index contributed by atoms with van der Waals surface area (Å²) in [6.45, 7) is 0. The summed E-state index contributed by atoms with van der Waals surface area (Å²) in [4.78, 5) is 18.4. The van der Waals surface area contributed by atoms with Gasteiger partial charge in [0.2, 0.25) is 0 Å². The lowest BCUT2D eigenvalue weighted by Crippen LogP contribution is -2.26. The van der Waals surface area contributed by atoms with Crippen molar-refractivity contribution in [2.75, 3.05) is 5.32 Å². The van der Waals surface area contributed by atoms with E-state index in [1.807, 2.05) is 6.07 Å². The number of aryl methyl sites for hydroxylation is 1. The van der Waals surface area contributed by atoms with Crippen molar-refractivity contribution in [1.82, 2.24) is 4.98 Å². The molecule has 2 heterocycles. The van der Waals surface area contributed by atoms with Crippen LogP contribution in [-0.4, -0.2) is 16.9 Å². The molecule has 1 atom stereocenters. The normalized spacial score (nSPS) is 18.1. The van der Waals surface area contributed by atoms with Gasteiger partial charge in [-0.1, -0.05) is 0 Å². The second-order valence-corrected chi connectivity index (χ2v) is 8.00. The maximum atomic E-state index is 12.0. The summed E-state index contributed by atoms with van der Waals surface area (Å²) >= 11 is 6.30. The molecule has 1 aliphatic rings. The van der Waals surface area contributed by atoms with Gasteiger partial charge in [-0.3, -0.25) is 10.1 Å². The average molecular weight is 358 g/mol. The number of rotatable bonds is 2. The minimum atomic E-state index is -0.105. The Kier molecular flexibility index (Phi) is 3.70. The van der Waals surface area contributed by atoms with Crippen molar-refractivity contribution in [3.8, 4) is 0 Å². The third kappa shape index (κ3) is 2.89. The van der Waals surface area contributed by atoms with Gasteiger partial charge in [0.25, 0.3) is 5.91 Å². The number of fused-ring (bicyclic) bond motifs is 1. The van der Waals surface area contributed by atoms with E-state index in [0.29, 0.717) is 10.0 Å². The van der Waals surface area contributed by atoms with Gasteiger partial charge >= 0.3 is 0 Å². The summed E-state index contributed by atoms with van der Waals surface area (Å²) in [5.74, 6) is -0.105. The van der Waals surface area contributed by atoms with E-state index in [1.165, 1.54) is 27.6 Å². The van der Waals surface area contributed by atoms with Gasteiger partial charge < -0.3 is 5.73 Å². The zero-order valence-corrected chi connectivity index (χ0v) is 13.2. The third-order valence-corrected chi connectivity index (χ3v) is 5.65. The fraction of sp³-hybridized carbons (Fsp3) is 0.333. The molecule has 0 bridgehead atoms. The molecular weight excluding hydrogens is 346 g/mol. The molecule has 100 valence electrons. The third-order valence-electron chi connectivity index (χ3n) is 3.00. The number of carbonyl (C=O) groups excluding carboxylic acids is 1. The van der Waals surface area contributed by atoms with Crippen molar-refractivity contribution < 1.29 is 4.79 Å². The fourth-order valence-corrected chi connectivity index (χ4v) is 4.43. The van der Waals surface area contributed by atoms with E-state index in [9.17, 15) is 4.79 Å². The van der Waals surface area contributed by atoms with Crippen molar-refractivity contribution in [3.05, 3.63) is 31.4 Å². The van der Waals surface area contributed by atoms with Crippen LogP contribution in [0, 0.1) is 0 Å². The van der Waals surface area contributed by atoms with Gasteiger partial charge in [0.1, 0.15) is 0 Å². The second-order valence-electron chi connectivity index (χ2n) is 4.45. The summed E-state index contributed by atoms with van der Waals surface area (Å²) in [5, 5.41) is 3.54. The lowest BCUT2D eigenvalue weighted by molar-refractivity contribution is 0.103. The predicted octanol–water partition coefficient (Wildman–Crippen LogP) is 3.04. The number of hydrogen-bond donors (Lipinski definition) is 2. The number of thiazole rings is 1. The molecule has 0 radical (unpaired) electrons. The molecule has 3 N–H and O–H groups in total. The van der Waals surface area contributed by atoms with E-state index >= 15 is 0 Å². The average Bonchev–Trinajstić information content (AvgIpc) is 2.94. The number of carbonyl (C=O) groups is 1. The quantitative estimate of drug-likeness (QED) is 0.867. The molecule has 0 aliphatic heterocycles. The predicted molar refractivity (Wildman–Crippen MR) is 82.1 cm³/mol. The lowest BCUT2D eigenvalue weighted by atomic mass is 9.99. The van der Waals surface area contributed by atoms with Crippen LogP contribution < -0.4 is 11.1 Å². The highest BCUT2D eigenvalue weighted by Gasteiger charge is 2.21. The largest absolute Gasteiger partial charge is 0.327 e. The van der Waals surface area contributed by atoms with E-state index in [0.717, 1.165) is 28.7 Å². The molecule has 2 aromatic heterocycles. The maximum Gasteiger partial charge on any atom is 0.267 e. The summed E-state index contributed by atoms with van der Waals surface area (Å²) in [6, 6.07) is 3.89. The van der Waals surface area contributed by atoms with Crippen LogP contribution >= 0.6 is 38.6 Å². The van der Waals surface area contributed by atoms with Gasteiger partial charge in [0, 0.05) is 10.9 Å². The van der Waals surface area contributed by atoms with Gasteiger partial charge in [0.15, 0.2) is 5.13 Å². The number of amides is 1. The first kappa shape index (κ1) is 13.2. The molecular formula is C12H12BrN3OS2. The standard InChI is InChI=1S/C12H12BrN3OS2/c13-10-4-3-8(18-10)11(17)16-12-15-7-2-1-6(14)5-9(7)19-12/h3-4,6H,1-2,5,14H2,(H,15,16,17)/t6-/m0/s1. The highest BCUT2D eigenvalue weighted by molar-refractivity contribution is 9.11. The zero-order chi connectivity index (χ0) is 13.4. The molecule has 7 heteroatoms. The molecule has 0 spiro atoms. The lowest BCUT2D eigenvalue weighted by Gasteiger charge is -2.15. The number of halogens is 1. The Labute approximate surface area is 127 Å². The van der Waals surface area contributed by atoms with E-state index in [4.69, 9.17) is 5.73 Å². The van der Waals surface area contributed by atoms with E-state index in [-0.39, 0.29) is 11.9 Å². The molecule has 4 nitrogen and oxygen atoms in total. The number of nitrogens with one attached hydrogen (secondary N) is 1. The Morgan fingerprint density at radius 2 is 2.32 bits per heavy atom. The molecule has 0 aromatic carbocycles. The van der Waals surface area contributed by atoms with Gasteiger partial charge in [-0.2, -0.15) is 0 Å². The summed E-state index contributed by atoms with van der Waals surface area (Å²) in [5.41, 5.74) is 7.03. The van der Waals surface area contributed by atoms with Crippen LogP contribution in [0.3, 0.4) is 0 Å². The molecule has 3 rings (SSSR count). The minimum Gasteiger partial charge on any atom is -0.327 e. The van der Waals surface area contributed by atoms with Crippen molar-refractivity contribution in [1.29, 1.82) is 0 Å². The first-order valence-corrected chi connectivity index (χ1v) is 8.35. The molecule has 0 saturated heterocycles. The monoisotopic (exact) mass is 357 g/mol. The maximum absolute atomic E-state index is 12.0. The van der Waals surface area contributed by atoms with Crippen molar-refractivity contribution in [2.45, 2.75) is 25.3 Å². The molecule has 1 amide bonds. The smallest absolute Gasteiger partial charge is 0.267 e. The number of nitrogens with zero attached hydrogens (tertiary/aromatic N) is 1. The molecule has 0 fully saturated rings. The van der Waals surface area contributed by atoms with Gasteiger partial charge in [-0.15, -0.1) is 22.7 Å². The molecule has 19 heavy (non-hydrogen) atoms. The zero-order valence-electron chi connectivity index (χ0n) is 9.98. The van der Waals surface area contributed by atoms with Crippen molar-refractivity contribution >= 4 is 49.6 Å². The van der Waals surface area contributed by atoms with Crippen LogP contribution in [0.15, 0.2) is 15.9 Å². The van der Waals surface area contributed by atoms with Gasteiger partial charge in [-0.05, 0) is 47.3 Å². The first-order valence-electron chi connectivity index (χ1n) is 5.92. The van der Waals surface area contributed by atoms with Crippen LogP contribution in [0.2, 0.25) is 0 Å². The first-order chi connectivity index (χ1) is 9.11. The van der Waals surface area contributed by atoms with E-state index in [1.54, 1.807) is 6.07 Å². The van der Waals surface area contributed by atoms with Crippen molar-refractivity contribution in [3.63, 3.8) is 0 Å². The number of hydrogen-bond acceptors (Lipinski definition) is 5. The summed E-state index contributed by atoms with van der Waals surface area (Å²) < 4.78 is 0.946. The number of thiophene rings is 1. The highest BCUT2D eigenvalue weighted by Crippen LogP contribution is 2.30. The van der Waals surface area contributed by atoms with Crippen molar-refractivity contribution in [2.24, 2.45) is 5.73 Å². The molecule has 1 aliphatic carbocycles. The summed E-state index contributed by atoms with van der Waals surface area (Å²) in [7, 11) is 0. The Morgan fingerprint density at radius 1 is 1.47 bits per heavy atom. The van der Waals surface area contributed by atoms with E-state index in [2.05, 4.69) is 26.2 Å². The topological polar surface area (TPSA) is 68.0 Å². The molecule has 0 unspecified atom stereocenters. The Hall–Kier alpha value is -0.760. The highest BCUT2D eigenvalue weighted by atomic mass is 79.9. The van der Waals surface area contributed by atoms with E-state index < -0.39 is 0 Å². The minimum absolute atomic E-state index is 0.105. The SMILES string of the molecule is N[C@H]1CCc2nc(NC(=O)c3ccc(Br)s3)sc2C1. The second kappa shape index (κ2) is 5.32. The van der Waals surface area contributed by atoms with Gasteiger partial charge in [-0.25, -0.2) is 4.98 Å². The Bertz CT molecular complexity index is 622.